The van der Waals surface area contributed by atoms with Gasteiger partial charge in [0.2, 0.25) is 0 Å². The van der Waals surface area contributed by atoms with Gasteiger partial charge in [0, 0.05) is 6.08 Å². The molecule has 1 aromatic carbocycles. The first-order chi connectivity index (χ1) is 20.6. The van der Waals surface area contributed by atoms with Gasteiger partial charge < -0.3 is 14.2 Å². The van der Waals surface area contributed by atoms with Crippen molar-refractivity contribution in [1.82, 2.24) is 0 Å². The van der Waals surface area contributed by atoms with Gasteiger partial charge in [-0.3, -0.25) is 0 Å². The van der Waals surface area contributed by atoms with Crippen molar-refractivity contribution in [2.75, 3.05) is 20.8 Å². The van der Waals surface area contributed by atoms with Crippen LogP contribution in [-0.4, -0.2) is 26.8 Å². The molecule has 10 atom stereocenters. The number of ether oxygens (including phenoxy) is 3. The number of methoxy groups -OCH3 is 2. The van der Waals surface area contributed by atoms with Crippen LogP contribution in [-0.2, 0) is 9.53 Å². The first-order valence-corrected chi connectivity index (χ1v) is 17.7. The molecule has 240 valence electrons. The standard InChI is InChI=1S/C39H60O4/c1-26(28(3)25-43-37(40)20-14-29-13-19-35(41-6)36(24-29)42-7)11-12-27(2)32-17-18-33-31-16-15-30-10-8-9-22-38(30,4)34(31)21-23-39(32,33)5/h13-14,19-20,24,26-28,30-34H,8-12,15-18,21-23,25H2,1-7H3/t26-,27+,28?,30?,31-,32+,33-,34-,38-,39+/m0/s1. The molecule has 4 saturated carbocycles. The van der Waals surface area contributed by atoms with Gasteiger partial charge in [-0.25, -0.2) is 4.79 Å². The minimum atomic E-state index is -0.293. The molecule has 0 N–H and O–H groups in total. The van der Waals surface area contributed by atoms with Gasteiger partial charge in [-0.1, -0.05) is 66.4 Å². The summed E-state index contributed by atoms with van der Waals surface area (Å²) in [7, 11) is 3.23. The minimum absolute atomic E-state index is 0.293. The number of esters is 1. The predicted octanol–water partition coefficient (Wildman–Crippen LogP) is 10.00. The van der Waals surface area contributed by atoms with E-state index in [1.54, 1.807) is 20.3 Å². The van der Waals surface area contributed by atoms with Crippen LogP contribution in [0.4, 0.5) is 0 Å². The summed E-state index contributed by atoms with van der Waals surface area (Å²) < 4.78 is 16.3. The van der Waals surface area contributed by atoms with E-state index >= 15 is 0 Å². The maximum atomic E-state index is 12.5. The van der Waals surface area contributed by atoms with E-state index in [-0.39, 0.29) is 5.97 Å². The lowest BCUT2D eigenvalue weighted by Crippen LogP contribution is -2.53. The van der Waals surface area contributed by atoms with Crippen molar-refractivity contribution < 1.29 is 19.0 Å². The summed E-state index contributed by atoms with van der Waals surface area (Å²) in [5.41, 5.74) is 2.06. The van der Waals surface area contributed by atoms with Crippen LogP contribution in [0, 0.1) is 58.2 Å². The van der Waals surface area contributed by atoms with E-state index in [2.05, 4.69) is 34.6 Å². The average molecular weight is 593 g/mol. The molecule has 5 rings (SSSR count). The molecule has 0 aliphatic heterocycles. The van der Waals surface area contributed by atoms with Crippen molar-refractivity contribution in [3.05, 3.63) is 29.8 Å². The highest BCUT2D eigenvalue weighted by atomic mass is 16.5. The van der Waals surface area contributed by atoms with Gasteiger partial charge in [0.05, 0.1) is 20.8 Å². The zero-order valence-corrected chi connectivity index (χ0v) is 28.3. The molecule has 0 aromatic heterocycles. The van der Waals surface area contributed by atoms with Crippen molar-refractivity contribution in [3.63, 3.8) is 0 Å². The summed E-state index contributed by atoms with van der Waals surface area (Å²) in [6, 6.07) is 5.60. The Bertz CT molecular complexity index is 1130. The number of benzene rings is 1. The van der Waals surface area contributed by atoms with Crippen LogP contribution in [0.15, 0.2) is 24.3 Å². The van der Waals surface area contributed by atoms with Crippen molar-refractivity contribution in [3.8, 4) is 11.5 Å². The molecule has 0 radical (unpaired) electrons. The Balaban J connectivity index is 1.09. The second-order valence-corrected chi connectivity index (χ2v) is 15.7. The molecule has 4 aliphatic carbocycles. The molecule has 4 fully saturated rings. The largest absolute Gasteiger partial charge is 0.493 e. The van der Waals surface area contributed by atoms with Crippen LogP contribution in [0.25, 0.3) is 6.08 Å². The van der Waals surface area contributed by atoms with Crippen molar-refractivity contribution in [2.24, 2.45) is 58.2 Å². The molecule has 2 unspecified atom stereocenters. The lowest BCUT2D eigenvalue weighted by molar-refractivity contribution is -0.139. The number of hydrogen-bond acceptors (Lipinski definition) is 4. The highest BCUT2D eigenvalue weighted by Gasteiger charge is 2.60. The average Bonchev–Trinajstić information content (AvgIpc) is 3.38. The maximum absolute atomic E-state index is 12.5. The van der Waals surface area contributed by atoms with Crippen LogP contribution < -0.4 is 9.47 Å². The Labute approximate surface area is 262 Å². The van der Waals surface area contributed by atoms with Crippen LogP contribution in [0.1, 0.15) is 117 Å². The van der Waals surface area contributed by atoms with Crippen molar-refractivity contribution in [2.45, 2.75) is 112 Å². The molecule has 1 aromatic rings. The molecule has 0 bridgehead atoms. The number of carbonyl (C=O) groups is 1. The van der Waals surface area contributed by atoms with Gasteiger partial charge >= 0.3 is 5.97 Å². The zero-order chi connectivity index (χ0) is 30.8. The zero-order valence-electron chi connectivity index (χ0n) is 28.3. The highest BCUT2D eigenvalue weighted by Crippen LogP contribution is 2.68. The van der Waals surface area contributed by atoms with Crippen LogP contribution in [0.3, 0.4) is 0 Å². The number of hydrogen-bond donors (Lipinski definition) is 0. The van der Waals surface area contributed by atoms with Gasteiger partial charge in [-0.2, -0.15) is 0 Å². The molecule has 43 heavy (non-hydrogen) atoms. The molecular formula is C39H60O4. The third kappa shape index (κ3) is 6.55. The number of carbonyl (C=O) groups excluding carboxylic acids is 1. The summed E-state index contributed by atoms with van der Waals surface area (Å²) in [6.45, 7) is 13.0. The van der Waals surface area contributed by atoms with E-state index in [4.69, 9.17) is 14.2 Å². The van der Waals surface area contributed by atoms with E-state index in [1.165, 1.54) is 83.1 Å². The molecular weight excluding hydrogens is 532 g/mol. The van der Waals surface area contributed by atoms with E-state index in [1.807, 2.05) is 18.2 Å². The fraction of sp³-hybridized carbons (Fsp3) is 0.769. The molecule has 0 heterocycles. The summed E-state index contributed by atoms with van der Waals surface area (Å²) in [6.07, 6.45) is 20.7. The van der Waals surface area contributed by atoms with Crippen LogP contribution >= 0.6 is 0 Å². The smallest absolute Gasteiger partial charge is 0.330 e. The number of rotatable bonds is 11. The summed E-state index contributed by atoms with van der Waals surface area (Å²) in [5.74, 6) is 7.51. The Hall–Kier alpha value is -1.97. The van der Waals surface area contributed by atoms with Crippen molar-refractivity contribution in [1.29, 1.82) is 0 Å². The second-order valence-electron chi connectivity index (χ2n) is 15.7. The fourth-order valence-corrected chi connectivity index (χ4v) is 10.8. The SMILES string of the molecule is COc1ccc(C=CC(=O)OCC(C)[C@@H](C)CC[C@@H](C)[C@H]2CC[C@H]3[C@@H]4CCC5CCCC[C@]5(C)[C@H]4CC[C@]23C)cc1OC. The molecule has 4 aliphatic rings. The summed E-state index contributed by atoms with van der Waals surface area (Å²) in [5, 5.41) is 0. The Morgan fingerprint density at radius 3 is 2.40 bits per heavy atom. The topological polar surface area (TPSA) is 44.8 Å². The third-order valence-corrected chi connectivity index (χ3v) is 13.7. The van der Waals surface area contributed by atoms with E-state index in [9.17, 15) is 4.79 Å². The Morgan fingerprint density at radius 2 is 1.63 bits per heavy atom. The van der Waals surface area contributed by atoms with Gasteiger partial charge in [0.25, 0.3) is 0 Å². The van der Waals surface area contributed by atoms with Crippen LogP contribution in [0.5, 0.6) is 11.5 Å². The highest BCUT2D eigenvalue weighted by molar-refractivity contribution is 5.87. The lowest BCUT2D eigenvalue weighted by Gasteiger charge is -2.61. The van der Waals surface area contributed by atoms with E-state index < -0.39 is 0 Å². The molecule has 4 nitrogen and oxygen atoms in total. The number of fused-ring (bicyclic) bond motifs is 5. The monoisotopic (exact) mass is 592 g/mol. The minimum Gasteiger partial charge on any atom is -0.493 e. The first-order valence-electron chi connectivity index (χ1n) is 17.7. The summed E-state index contributed by atoms with van der Waals surface area (Å²) >= 11 is 0. The third-order valence-electron chi connectivity index (χ3n) is 13.7. The van der Waals surface area contributed by atoms with Crippen molar-refractivity contribution >= 4 is 12.0 Å². The van der Waals surface area contributed by atoms with E-state index in [0.29, 0.717) is 40.8 Å². The van der Waals surface area contributed by atoms with Crippen LogP contribution in [0.2, 0.25) is 0 Å². The Kier molecular flexibility index (Phi) is 10.2. The molecule has 0 spiro atoms. The lowest BCUT2D eigenvalue weighted by atomic mass is 9.44. The quantitative estimate of drug-likeness (QED) is 0.189. The predicted molar refractivity (Wildman–Crippen MR) is 176 cm³/mol. The van der Waals surface area contributed by atoms with Gasteiger partial charge in [-0.15, -0.1) is 0 Å². The van der Waals surface area contributed by atoms with E-state index in [0.717, 1.165) is 41.1 Å². The molecule has 4 heteroatoms. The summed E-state index contributed by atoms with van der Waals surface area (Å²) in [4.78, 5) is 12.5. The normalized spacial score (nSPS) is 35.7. The molecule has 0 amide bonds. The maximum Gasteiger partial charge on any atom is 0.330 e. The second kappa shape index (κ2) is 13.6. The Morgan fingerprint density at radius 1 is 0.860 bits per heavy atom. The molecule has 0 saturated heterocycles. The van der Waals surface area contributed by atoms with Gasteiger partial charge in [0.15, 0.2) is 11.5 Å². The van der Waals surface area contributed by atoms with Gasteiger partial charge in [0.1, 0.15) is 0 Å². The van der Waals surface area contributed by atoms with Gasteiger partial charge in [-0.05, 0) is 133 Å². The fourth-order valence-electron chi connectivity index (χ4n) is 10.8. The first kappa shape index (κ1) is 32.4.